The van der Waals surface area contributed by atoms with Gasteiger partial charge >= 0.3 is 0 Å². The zero-order valence-corrected chi connectivity index (χ0v) is 19.0. The number of likely N-dealkylation sites (N-methyl/N-ethyl adjacent to an activating group) is 1. The van der Waals surface area contributed by atoms with Crippen molar-refractivity contribution in [2.45, 2.75) is 44.8 Å². The highest BCUT2D eigenvalue weighted by Crippen LogP contribution is 2.15. The van der Waals surface area contributed by atoms with Gasteiger partial charge in [-0.2, -0.15) is 0 Å². The fraction of sp³-hybridized carbons (Fsp3) is 0.400. The standard InChI is InChI=1S/C25H33N3O5/c1-26-25(31)22(16-19-10-4-2-5-11-19)27-24(30)21(17-23(29)28-32)14-8-9-15-33-18-20-12-6-3-7-13-20/h2-7,10-13,21-22,32H,8-9,14-18H2,1H3,(H,26,31)(H,27,30)(H,28,29)/t21-,22+/m1/s1. The molecule has 178 valence electrons. The summed E-state index contributed by atoms with van der Waals surface area (Å²) in [6, 6.07) is 18.5. The van der Waals surface area contributed by atoms with Crippen LogP contribution in [0.25, 0.3) is 0 Å². The first-order chi connectivity index (χ1) is 16.0. The molecule has 2 atom stereocenters. The van der Waals surface area contributed by atoms with Gasteiger partial charge in [0, 0.05) is 32.4 Å². The van der Waals surface area contributed by atoms with E-state index in [4.69, 9.17) is 9.94 Å². The smallest absolute Gasteiger partial charge is 0.244 e. The molecule has 0 fully saturated rings. The second kappa shape index (κ2) is 14.8. The fourth-order valence-electron chi connectivity index (χ4n) is 3.48. The molecule has 4 N–H and O–H groups in total. The van der Waals surface area contributed by atoms with Crippen LogP contribution in [0.15, 0.2) is 60.7 Å². The Hall–Kier alpha value is -3.23. The fourth-order valence-corrected chi connectivity index (χ4v) is 3.48. The van der Waals surface area contributed by atoms with E-state index in [1.54, 1.807) is 5.48 Å². The molecule has 0 bridgehead atoms. The average Bonchev–Trinajstić information content (AvgIpc) is 2.85. The number of amides is 3. The lowest BCUT2D eigenvalue weighted by Crippen LogP contribution is -2.49. The van der Waals surface area contributed by atoms with Crippen LogP contribution < -0.4 is 16.1 Å². The Labute approximate surface area is 194 Å². The van der Waals surface area contributed by atoms with E-state index in [1.165, 1.54) is 7.05 Å². The van der Waals surface area contributed by atoms with Gasteiger partial charge in [0.05, 0.1) is 6.61 Å². The first-order valence-corrected chi connectivity index (χ1v) is 11.1. The Balaban J connectivity index is 1.88. The number of hydroxylamine groups is 1. The third-order valence-corrected chi connectivity index (χ3v) is 5.29. The van der Waals surface area contributed by atoms with Crippen LogP contribution in [-0.4, -0.2) is 42.6 Å². The van der Waals surface area contributed by atoms with Gasteiger partial charge < -0.3 is 15.4 Å². The van der Waals surface area contributed by atoms with E-state index in [-0.39, 0.29) is 12.3 Å². The molecule has 0 aliphatic carbocycles. The van der Waals surface area contributed by atoms with Crippen LogP contribution in [0.2, 0.25) is 0 Å². The van der Waals surface area contributed by atoms with Crippen molar-refractivity contribution in [3.05, 3.63) is 71.8 Å². The molecule has 0 aliphatic heterocycles. The quantitative estimate of drug-likeness (QED) is 0.198. The molecular weight excluding hydrogens is 422 g/mol. The minimum atomic E-state index is -0.765. The number of rotatable bonds is 14. The number of hydrogen-bond donors (Lipinski definition) is 4. The molecule has 8 heteroatoms. The zero-order chi connectivity index (χ0) is 23.9. The van der Waals surface area contributed by atoms with E-state index in [0.717, 1.165) is 17.5 Å². The molecular formula is C25H33N3O5. The highest BCUT2D eigenvalue weighted by molar-refractivity contribution is 5.90. The van der Waals surface area contributed by atoms with Crippen LogP contribution in [-0.2, 0) is 32.1 Å². The van der Waals surface area contributed by atoms with Gasteiger partial charge in [-0.25, -0.2) is 5.48 Å². The van der Waals surface area contributed by atoms with Gasteiger partial charge in [0.15, 0.2) is 0 Å². The summed E-state index contributed by atoms with van der Waals surface area (Å²) in [5, 5.41) is 14.3. The van der Waals surface area contributed by atoms with Crippen molar-refractivity contribution in [1.29, 1.82) is 0 Å². The third kappa shape index (κ3) is 9.84. The summed E-state index contributed by atoms with van der Waals surface area (Å²) < 4.78 is 5.67. The summed E-state index contributed by atoms with van der Waals surface area (Å²) >= 11 is 0. The number of benzene rings is 2. The number of hydrogen-bond acceptors (Lipinski definition) is 5. The maximum Gasteiger partial charge on any atom is 0.244 e. The summed E-state index contributed by atoms with van der Waals surface area (Å²) in [5.41, 5.74) is 3.58. The maximum absolute atomic E-state index is 12.9. The zero-order valence-electron chi connectivity index (χ0n) is 19.0. The summed E-state index contributed by atoms with van der Waals surface area (Å²) in [4.78, 5) is 37.0. The minimum Gasteiger partial charge on any atom is -0.377 e. The molecule has 3 amide bonds. The molecule has 33 heavy (non-hydrogen) atoms. The summed E-state index contributed by atoms with van der Waals surface area (Å²) in [6.07, 6.45) is 1.98. The molecule has 0 aromatic heterocycles. The molecule has 8 nitrogen and oxygen atoms in total. The van der Waals surface area contributed by atoms with Crippen LogP contribution in [0.3, 0.4) is 0 Å². The van der Waals surface area contributed by atoms with Gasteiger partial charge in [-0.1, -0.05) is 67.1 Å². The highest BCUT2D eigenvalue weighted by Gasteiger charge is 2.26. The van der Waals surface area contributed by atoms with Gasteiger partial charge in [0.25, 0.3) is 0 Å². The molecule has 0 saturated heterocycles. The van der Waals surface area contributed by atoms with Gasteiger partial charge in [0.2, 0.25) is 17.7 Å². The van der Waals surface area contributed by atoms with E-state index >= 15 is 0 Å². The van der Waals surface area contributed by atoms with Crippen molar-refractivity contribution >= 4 is 17.7 Å². The lowest BCUT2D eigenvalue weighted by Gasteiger charge is -2.22. The van der Waals surface area contributed by atoms with Crippen molar-refractivity contribution in [3.8, 4) is 0 Å². The van der Waals surface area contributed by atoms with Crippen LogP contribution in [0.4, 0.5) is 0 Å². The minimum absolute atomic E-state index is 0.168. The van der Waals surface area contributed by atoms with Gasteiger partial charge in [0.1, 0.15) is 6.04 Å². The topological polar surface area (TPSA) is 117 Å². The number of carbonyl (C=O) groups excluding carboxylic acids is 3. The molecule has 2 aromatic carbocycles. The predicted molar refractivity (Wildman–Crippen MR) is 124 cm³/mol. The van der Waals surface area contributed by atoms with E-state index in [2.05, 4.69) is 10.6 Å². The second-order valence-electron chi connectivity index (χ2n) is 7.84. The largest absolute Gasteiger partial charge is 0.377 e. The van der Waals surface area contributed by atoms with Crippen LogP contribution in [0, 0.1) is 5.92 Å². The Morgan fingerprint density at radius 1 is 0.909 bits per heavy atom. The molecule has 0 saturated carbocycles. The van der Waals surface area contributed by atoms with Crippen molar-refractivity contribution in [2.75, 3.05) is 13.7 Å². The SMILES string of the molecule is CNC(=O)[C@H](Cc1ccccc1)NC(=O)[C@H](CCCCOCc1ccccc1)CC(=O)NO. The summed E-state index contributed by atoms with van der Waals surface area (Å²) in [7, 11) is 1.51. The maximum atomic E-state index is 12.9. The first-order valence-electron chi connectivity index (χ1n) is 11.1. The van der Waals surface area contributed by atoms with Crippen LogP contribution >= 0.6 is 0 Å². The van der Waals surface area contributed by atoms with E-state index in [9.17, 15) is 14.4 Å². The number of carbonyl (C=O) groups is 3. The monoisotopic (exact) mass is 455 g/mol. The molecule has 0 aliphatic rings. The molecule has 0 radical (unpaired) electrons. The van der Waals surface area contributed by atoms with Crippen molar-refractivity contribution < 1.29 is 24.3 Å². The highest BCUT2D eigenvalue weighted by atomic mass is 16.5. The van der Waals surface area contributed by atoms with Gasteiger partial charge in [-0.15, -0.1) is 0 Å². The lowest BCUT2D eigenvalue weighted by atomic mass is 9.96. The van der Waals surface area contributed by atoms with Crippen molar-refractivity contribution in [3.63, 3.8) is 0 Å². The lowest BCUT2D eigenvalue weighted by molar-refractivity contribution is -0.136. The second-order valence-corrected chi connectivity index (χ2v) is 7.84. The van der Waals surface area contributed by atoms with E-state index in [0.29, 0.717) is 32.5 Å². The van der Waals surface area contributed by atoms with Crippen LogP contribution in [0.5, 0.6) is 0 Å². The molecule has 0 heterocycles. The number of ether oxygens (including phenoxy) is 1. The Bertz CT molecular complexity index is 861. The predicted octanol–water partition coefficient (Wildman–Crippen LogP) is 2.36. The Kier molecular flexibility index (Phi) is 11.6. The van der Waals surface area contributed by atoms with Gasteiger partial charge in [-0.3, -0.25) is 19.6 Å². The van der Waals surface area contributed by atoms with E-state index in [1.807, 2.05) is 60.7 Å². The van der Waals surface area contributed by atoms with E-state index < -0.39 is 23.8 Å². The molecule has 0 spiro atoms. The third-order valence-electron chi connectivity index (χ3n) is 5.29. The molecule has 2 rings (SSSR count). The summed E-state index contributed by atoms with van der Waals surface area (Å²) in [6.45, 7) is 1.05. The van der Waals surface area contributed by atoms with Crippen molar-refractivity contribution in [2.24, 2.45) is 5.92 Å². The van der Waals surface area contributed by atoms with Gasteiger partial charge in [-0.05, 0) is 24.0 Å². The first kappa shape index (κ1) is 26.0. The number of nitrogens with one attached hydrogen (secondary N) is 3. The average molecular weight is 456 g/mol. The number of unbranched alkanes of at least 4 members (excludes halogenated alkanes) is 1. The Morgan fingerprint density at radius 2 is 1.55 bits per heavy atom. The summed E-state index contributed by atoms with van der Waals surface area (Å²) in [5.74, 6) is -2.02. The molecule has 0 unspecified atom stereocenters. The van der Waals surface area contributed by atoms with Crippen LogP contribution in [0.1, 0.15) is 36.8 Å². The van der Waals surface area contributed by atoms with Crippen molar-refractivity contribution in [1.82, 2.24) is 16.1 Å². The Morgan fingerprint density at radius 3 is 2.15 bits per heavy atom. The molecule has 2 aromatic rings. The normalized spacial score (nSPS) is 12.4.